The molecule has 0 saturated heterocycles. The van der Waals surface area contributed by atoms with Gasteiger partial charge in [-0.25, -0.2) is 19.6 Å². The molecule has 1 aliphatic rings. The minimum absolute atomic E-state index is 0.125. The molecule has 2 aromatic carbocycles. The third-order valence-corrected chi connectivity index (χ3v) is 4.82. The molecule has 0 aliphatic heterocycles. The molecular formula is C21H15IN2O4. The predicted octanol–water partition coefficient (Wildman–Crippen LogP) is 5.13. The van der Waals surface area contributed by atoms with Gasteiger partial charge in [-0.05, 0) is 77.6 Å². The Hall–Kier alpha value is -3.07. The summed E-state index contributed by atoms with van der Waals surface area (Å²) in [5.41, 5.74) is 3.33. The third-order valence-electron chi connectivity index (χ3n) is 3.96. The molecule has 0 bridgehead atoms. The highest BCUT2D eigenvalue weighted by molar-refractivity contribution is 14.1. The number of allylic oxidation sites excluding steroid dienone is 4. The number of hydrogen-bond donors (Lipinski definition) is 2. The number of carboxylic acids is 2. The molecule has 6 nitrogen and oxygen atoms in total. The molecule has 2 N–H and O–H groups in total. The van der Waals surface area contributed by atoms with E-state index in [1.165, 1.54) is 12.1 Å². The molecule has 2 aromatic rings. The van der Waals surface area contributed by atoms with Gasteiger partial charge in [0.05, 0.1) is 33.9 Å². The zero-order valence-corrected chi connectivity index (χ0v) is 16.9. The van der Waals surface area contributed by atoms with Crippen molar-refractivity contribution in [1.82, 2.24) is 0 Å². The van der Waals surface area contributed by atoms with E-state index in [4.69, 9.17) is 0 Å². The number of para-hydroxylation sites is 1. The molecule has 1 aliphatic carbocycles. The van der Waals surface area contributed by atoms with Crippen LogP contribution in [0.4, 0.5) is 11.4 Å². The molecular weight excluding hydrogens is 471 g/mol. The Morgan fingerprint density at radius 1 is 0.929 bits per heavy atom. The van der Waals surface area contributed by atoms with E-state index in [9.17, 15) is 19.8 Å². The predicted molar refractivity (Wildman–Crippen MR) is 117 cm³/mol. The minimum atomic E-state index is -1.21. The van der Waals surface area contributed by atoms with Gasteiger partial charge in [0.15, 0.2) is 0 Å². The van der Waals surface area contributed by atoms with Gasteiger partial charge in [0.25, 0.3) is 0 Å². The standard InChI is InChI=1S/C21H15IN2O4/c1-12-4-2-3-5-18(12)24-19-7-6-15(11-17(19)22)23-16-9-13(20(25)26)8-14(10-16)21(27)28/h2-11H,1H3,(H,25,26)(H,27,28). The zero-order chi connectivity index (χ0) is 20.3. The number of carboxylic acid groups (broad SMARTS) is 2. The highest BCUT2D eigenvalue weighted by Crippen LogP contribution is 2.24. The van der Waals surface area contributed by atoms with Gasteiger partial charge in [0.1, 0.15) is 0 Å². The largest absolute Gasteiger partial charge is 0.478 e. The van der Waals surface area contributed by atoms with E-state index in [0.717, 1.165) is 26.6 Å². The lowest BCUT2D eigenvalue weighted by molar-refractivity contribution is 0.0696. The van der Waals surface area contributed by atoms with Crippen molar-refractivity contribution in [3.05, 3.63) is 81.0 Å². The molecule has 0 amide bonds. The molecule has 0 saturated carbocycles. The van der Waals surface area contributed by atoms with Gasteiger partial charge in [0, 0.05) is 3.58 Å². The van der Waals surface area contributed by atoms with Crippen molar-refractivity contribution in [1.29, 1.82) is 0 Å². The van der Waals surface area contributed by atoms with E-state index in [-0.39, 0.29) is 16.8 Å². The van der Waals surface area contributed by atoms with Gasteiger partial charge in [-0.1, -0.05) is 18.2 Å². The second-order valence-electron chi connectivity index (χ2n) is 6.02. The van der Waals surface area contributed by atoms with Crippen LogP contribution in [0.3, 0.4) is 0 Å². The number of hydrogen-bond acceptors (Lipinski definition) is 4. The number of halogens is 1. The van der Waals surface area contributed by atoms with E-state index in [1.807, 2.05) is 43.3 Å². The number of rotatable bonds is 4. The fraction of sp³-hybridized carbons (Fsp3) is 0.0476. The molecule has 28 heavy (non-hydrogen) atoms. The molecule has 7 heteroatoms. The summed E-state index contributed by atoms with van der Waals surface area (Å²) >= 11 is 2.16. The highest BCUT2D eigenvalue weighted by atomic mass is 127. The van der Waals surface area contributed by atoms with Crippen LogP contribution in [0.25, 0.3) is 0 Å². The summed E-state index contributed by atoms with van der Waals surface area (Å²) in [4.78, 5) is 31.5. The normalized spacial score (nSPS) is 16.3. The lowest BCUT2D eigenvalue weighted by Crippen LogP contribution is -2.05. The molecule has 3 rings (SSSR count). The molecule has 0 unspecified atom stereocenters. The molecule has 0 fully saturated rings. The first-order valence-corrected chi connectivity index (χ1v) is 9.32. The maximum atomic E-state index is 11.2. The zero-order valence-electron chi connectivity index (χ0n) is 14.8. The summed E-state index contributed by atoms with van der Waals surface area (Å²) in [6, 6.07) is 11.6. The van der Waals surface area contributed by atoms with Crippen molar-refractivity contribution in [2.45, 2.75) is 6.92 Å². The summed E-state index contributed by atoms with van der Waals surface area (Å²) in [6.45, 7) is 1.99. The summed E-state index contributed by atoms with van der Waals surface area (Å²) in [5, 5.41) is 18.4. The summed E-state index contributed by atoms with van der Waals surface area (Å²) in [6.07, 6.45) is 5.39. The van der Waals surface area contributed by atoms with Crippen LogP contribution in [-0.2, 0) is 0 Å². The van der Waals surface area contributed by atoms with Gasteiger partial charge in [0.2, 0.25) is 0 Å². The first-order chi connectivity index (χ1) is 13.3. The molecule has 0 radical (unpaired) electrons. The lowest BCUT2D eigenvalue weighted by Gasteiger charge is -2.09. The van der Waals surface area contributed by atoms with E-state index < -0.39 is 11.9 Å². The van der Waals surface area contributed by atoms with Crippen LogP contribution < -0.4 is 0 Å². The number of aryl methyl sites for hydroxylation is 1. The second kappa shape index (κ2) is 8.30. The van der Waals surface area contributed by atoms with E-state index in [2.05, 4.69) is 32.6 Å². The van der Waals surface area contributed by atoms with E-state index in [0.29, 0.717) is 5.71 Å². The Kier molecular flexibility index (Phi) is 5.84. The van der Waals surface area contributed by atoms with Crippen molar-refractivity contribution < 1.29 is 19.8 Å². The van der Waals surface area contributed by atoms with Gasteiger partial charge >= 0.3 is 11.9 Å². The first-order valence-electron chi connectivity index (χ1n) is 8.24. The van der Waals surface area contributed by atoms with Crippen molar-refractivity contribution >= 4 is 57.3 Å². The van der Waals surface area contributed by atoms with Gasteiger partial charge in [-0.15, -0.1) is 0 Å². The molecule has 0 aromatic heterocycles. The van der Waals surface area contributed by atoms with Crippen LogP contribution in [-0.4, -0.2) is 33.6 Å². The van der Waals surface area contributed by atoms with Crippen molar-refractivity contribution in [3.8, 4) is 0 Å². The Labute approximate surface area is 174 Å². The van der Waals surface area contributed by atoms with Crippen LogP contribution in [0.5, 0.6) is 0 Å². The average molecular weight is 486 g/mol. The quantitative estimate of drug-likeness (QED) is 0.463. The minimum Gasteiger partial charge on any atom is -0.478 e. The van der Waals surface area contributed by atoms with Crippen molar-refractivity contribution in [3.63, 3.8) is 0 Å². The van der Waals surface area contributed by atoms with Gasteiger partial charge in [-0.2, -0.15) is 0 Å². The lowest BCUT2D eigenvalue weighted by atomic mass is 10.1. The van der Waals surface area contributed by atoms with E-state index >= 15 is 0 Å². The summed E-state index contributed by atoms with van der Waals surface area (Å²) < 4.78 is 0.870. The number of benzene rings is 2. The molecule has 0 heterocycles. The fourth-order valence-electron chi connectivity index (χ4n) is 2.55. The van der Waals surface area contributed by atoms with Gasteiger partial charge < -0.3 is 10.2 Å². The monoisotopic (exact) mass is 486 g/mol. The number of aromatic carboxylic acids is 2. The van der Waals surface area contributed by atoms with Crippen LogP contribution in [0, 0.1) is 6.92 Å². The highest BCUT2D eigenvalue weighted by Gasteiger charge is 2.13. The number of nitrogens with zero attached hydrogens (tertiary/aromatic N) is 2. The molecule has 140 valence electrons. The molecule has 0 atom stereocenters. The Morgan fingerprint density at radius 3 is 2.14 bits per heavy atom. The average Bonchev–Trinajstić information content (AvgIpc) is 2.65. The van der Waals surface area contributed by atoms with Crippen LogP contribution in [0.2, 0.25) is 0 Å². The van der Waals surface area contributed by atoms with Crippen LogP contribution in [0.1, 0.15) is 26.3 Å². The summed E-state index contributed by atoms with van der Waals surface area (Å²) in [7, 11) is 0. The Balaban J connectivity index is 1.95. The third kappa shape index (κ3) is 4.61. The van der Waals surface area contributed by atoms with Crippen molar-refractivity contribution in [2.75, 3.05) is 0 Å². The van der Waals surface area contributed by atoms with Crippen molar-refractivity contribution in [2.24, 2.45) is 9.98 Å². The number of aliphatic imine (C=N–C) groups is 2. The maximum absolute atomic E-state index is 11.2. The SMILES string of the molecule is Cc1ccccc1N=C1C=CC(=Nc2cc(C(=O)O)cc(C(=O)O)c2)C=C1I. The smallest absolute Gasteiger partial charge is 0.335 e. The molecule has 0 spiro atoms. The fourth-order valence-corrected chi connectivity index (χ4v) is 3.17. The van der Waals surface area contributed by atoms with Crippen LogP contribution >= 0.6 is 22.6 Å². The Bertz CT molecular complexity index is 1070. The maximum Gasteiger partial charge on any atom is 0.335 e. The van der Waals surface area contributed by atoms with E-state index in [1.54, 1.807) is 6.08 Å². The van der Waals surface area contributed by atoms with Gasteiger partial charge in [-0.3, -0.25) is 0 Å². The number of carbonyl (C=O) groups is 2. The van der Waals surface area contributed by atoms with Crippen LogP contribution in [0.15, 0.2) is 74.3 Å². The summed E-state index contributed by atoms with van der Waals surface area (Å²) in [5.74, 6) is -2.41. The second-order valence-corrected chi connectivity index (χ2v) is 7.19. The Morgan fingerprint density at radius 2 is 1.57 bits per heavy atom. The topological polar surface area (TPSA) is 99.3 Å². The first kappa shape index (κ1) is 19.7.